The molecule has 0 saturated carbocycles. The predicted molar refractivity (Wildman–Crippen MR) is 96.8 cm³/mol. The fourth-order valence-corrected chi connectivity index (χ4v) is 4.01. The third-order valence-electron chi connectivity index (χ3n) is 3.35. The normalized spacial score (nSPS) is 12.2. The number of benzene rings is 2. The van der Waals surface area contributed by atoms with Crippen molar-refractivity contribution in [2.75, 3.05) is 11.1 Å². The Morgan fingerprint density at radius 3 is 2.74 bits per heavy atom. The number of carbonyl (C=O) groups is 1. The number of hydrogen-bond acceptors (Lipinski definition) is 6. The summed E-state index contributed by atoms with van der Waals surface area (Å²) >= 11 is 2.69. The number of aromatic nitrogens is 2. The van der Waals surface area contributed by atoms with Crippen molar-refractivity contribution in [1.29, 1.82) is 0 Å². The highest BCUT2D eigenvalue weighted by Crippen LogP contribution is 2.30. The second-order valence-electron chi connectivity index (χ2n) is 4.97. The van der Waals surface area contributed by atoms with E-state index < -0.39 is 0 Å². The lowest BCUT2D eigenvalue weighted by atomic mass is 10.1. The molecule has 7 heteroatoms. The molecule has 2 aromatic carbocycles. The summed E-state index contributed by atoms with van der Waals surface area (Å²) in [5.74, 6) is -0.0402. The first-order valence-electron chi connectivity index (χ1n) is 7.21. The molecule has 118 valence electrons. The van der Waals surface area contributed by atoms with Crippen LogP contribution in [0.1, 0.15) is 13.3 Å². The number of nitrogens with two attached hydrogens (primary N) is 1. The molecule has 0 aliphatic rings. The molecule has 0 bridgehead atoms. The van der Waals surface area contributed by atoms with Gasteiger partial charge in [0.1, 0.15) is 0 Å². The van der Waals surface area contributed by atoms with Crippen LogP contribution in [0.5, 0.6) is 0 Å². The number of nitrogens with zero attached hydrogens (tertiary/aromatic N) is 2. The number of nitrogen functional groups attached to an aromatic ring is 1. The van der Waals surface area contributed by atoms with E-state index in [4.69, 9.17) is 5.73 Å². The Labute approximate surface area is 142 Å². The van der Waals surface area contributed by atoms with Crippen molar-refractivity contribution in [3.63, 3.8) is 0 Å². The van der Waals surface area contributed by atoms with Gasteiger partial charge in [0.05, 0.1) is 5.25 Å². The molecule has 0 aliphatic carbocycles. The van der Waals surface area contributed by atoms with Gasteiger partial charge in [-0.05, 0) is 29.3 Å². The van der Waals surface area contributed by atoms with Gasteiger partial charge in [-0.25, -0.2) is 0 Å². The lowest BCUT2D eigenvalue weighted by Crippen LogP contribution is -2.24. The molecule has 0 fully saturated rings. The first kappa shape index (κ1) is 15.8. The predicted octanol–water partition coefficient (Wildman–Crippen LogP) is 3.78. The zero-order valence-electron chi connectivity index (χ0n) is 12.5. The number of anilines is 2. The second kappa shape index (κ2) is 6.97. The number of hydrogen-bond donors (Lipinski definition) is 2. The van der Waals surface area contributed by atoms with E-state index in [0.29, 0.717) is 15.9 Å². The highest BCUT2D eigenvalue weighted by Gasteiger charge is 2.20. The number of fused-ring (bicyclic) bond motifs is 1. The van der Waals surface area contributed by atoms with Crippen LogP contribution in [-0.2, 0) is 4.79 Å². The van der Waals surface area contributed by atoms with Crippen molar-refractivity contribution in [2.24, 2.45) is 0 Å². The van der Waals surface area contributed by atoms with Gasteiger partial charge in [-0.2, -0.15) is 0 Å². The molecule has 1 atom stereocenters. The van der Waals surface area contributed by atoms with Gasteiger partial charge in [-0.1, -0.05) is 60.4 Å². The van der Waals surface area contributed by atoms with Crippen LogP contribution in [0.25, 0.3) is 10.8 Å². The number of carbonyl (C=O) groups excluding carboxylic acids is 1. The fourth-order valence-electron chi connectivity index (χ4n) is 2.20. The summed E-state index contributed by atoms with van der Waals surface area (Å²) in [5.41, 5.74) is 6.38. The molecular formula is C16H16N4OS2. The lowest BCUT2D eigenvalue weighted by molar-refractivity contribution is -0.115. The fraction of sp³-hybridized carbons (Fsp3) is 0.188. The van der Waals surface area contributed by atoms with E-state index in [9.17, 15) is 4.79 Å². The summed E-state index contributed by atoms with van der Waals surface area (Å²) in [7, 11) is 0. The molecule has 0 aliphatic heterocycles. The second-order valence-corrected chi connectivity index (χ2v) is 7.43. The lowest BCUT2D eigenvalue weighted by Gasteiger charge is -2.13. The average molecular weight is 344 g/mol. The standard InChI is InChI=1S/C16H16N4OS2/c1-2-13(22-16-20-19-15(17)23-16)14(21)18-12-8-7-10-5-3-4-6-11(10)9-12/h3-9,13H,2H2,1H3,(H2,17,19)(H,18,21). The molecule has 3 rings (SSSR count). The van der Waals surface area contributed by atoms with Crippen LogP contribution in [0.2, 0.25) is 0 Å². The summed E-state index contributed by atoms with van der Waals surface area (Å²) in [4.78, 5) is 12.5. The Morgan fingerprint density at radius 2 is 2.04 bits per heavy atom. The highest BCUT2D eigenvalue weighted by atomic mass is 32.2. The largest absolute Gasteiger partial charge is 0.374 e. The number of rotatable bonds is 5. The van der Waals surface area contributed by atoms with Crippen LogP contribution in [0.4, 0.5) is 10.8 Å². The topological polar surface area (TPSA) is 80.9 Å². The van der Waals surface area contributed by atoms with E-state index in [0.717, 1.165) is 16.5 Å². The van der Waals surface area contributed by atoms with Gasteiger partial charge < -0.3 is 11.1 Å². The van der Waals surface area contributed by atoms with Crippen LogP contribution in [-0.4, -0.2) is 21.4 Å². The van der Waals surface area contributed by atoms with Crippen molar-refractivity contribution in [3.8, 4) is 0 Å². The summed E-state index contributed by atoms with van der Waals surface area (Å²) in [6.45, 7) is 1.97. The summed E-state index contributed by atoms with van der Waals surface area (Å²) in [6, 6.07) is 14.0. The minimum Gasteiger partial charge on any atom is -0.374 e. The van der Waals surface area contributed by atoms with Crippen molar-refractivity contribution in [3.05, 3.63) is 42.5 Å². The van der Waals surface area contributed by atoms with E-state index in [1.165, 1.54) is 23.1 Å². The molecule has 0 spiro atoms. The Kier molecular flexibility index (Phi) is 4.78. The highest BCUT2D eigenvalue weighted by molar-refractivity contribution is 8.02. The minimum atomic E-state index is -0.228. The Bertz CT molecular complexity index is 834. The summed E-state index contributed by atoms with van der Waals surface area (Å²) in [5, 5.41) is 13.1. The van der Waals surface area contributed by atoms with Gasteiger partial charge >= 0.3 is 0 Å². The maximum atomic E-state index is 12.5. The summed E-state index contributed by atoms with van der Waals surface area (Å²) < 4.78 is 0.711. The van der Waals surface area contributed by atoms with Crippen molar-refractivity contribution < 1.29 is 4.79 Å². The molecule has 1 heterocycles. The summed E-state index contributed by atoms with van der Waals surface area (Å²) in [6.07, 6.45) is 0.698. The van der Waals surface area contributed by atoms with Crippen LogP contribution in [0, 0.1) is 0 Å². The third kappa shape index (κ3) is 3.80. The van der Waals surface area contributed by atoms with Gasteiger partial charge in [0.15, 0.2) is 4.34 Å². The smallest absolute Gasteiger partial charge is 0.237 e. The van der Waals surface area contributed by atoms with Crippen LogP contribution < -0.4 is 11.1 Å². The molecule has 0 saturated heterocycles. The number of nitrogens with one attached hydrogen (secondary N) is 1. The van der Waals surface area contributed by atoms with Gasteiger partial charge in [-0.3, -0.25) is 4.79 Å². The van der Waals surface area contributed by atoms with Crippen LogP contribution in [0.15, 0.2) is 46.8 Å². The SMILES string of the molecule is CCC(Sc1nnc(N)s1)C(=O)Nc1ccc2ccccc2c1. The Hall–Kier alpha value is -2.12. The molecule has 1 amide bonds. The molecule has 5 nitrogen and oxygen atoms in total. The van der Waals surface area contributed by atoms with E-state index in [1.54, 1.807) is 0 Å². The van der Waals surface area contributed by atoms with E-state index >= 15 is 0 Å². The molecule has 0 radical (unpaired) electrons. The zero-order valence-corrected chi connectivity index (χ0v) is 14.2. The molecular weight excluding hydrogens is 328 g/mol. The average Bonchev–Trinajstić information content (AvgIpc) is 2.97. The van der Waals surface area contributed by atoms with Gasteiger partial charge in [0, 0.05) is 5.69 Å². The van der Waals surface area contributed by atoms with Crippen LogP contribution in [0.3, 0.4) is 0 Å². The molecule has 1 aromatic heterocycles. The Morgan fingerprint density at radius 1 is 1.26 bits per heavy atom. The van der Waals surface area contributed by atoms with Crippen molar-refractivity contribution in [2.45, 2.75) is 22.9 Å². The van der Waals surface area contributed by atoms with E-state index in [1.807, 2.05) is 49.4 Å². The van der Waals surface area contributed by atoms with Gasteiger partial charge in [0.25, 0.3) is 0 Å². The molecule has 1 unspecified atom stereocenters. The van der Waals surface area contributed by atoms with Crippen LogP contribution >= 0.6 is 23.1 Å². The quantitative estimate of drug-likeness (QED) is 0.688. The first-order chi connectivity index (χ1) is 11.2. The van der Waals surface area contributed by atoms with Crippen molar-refractivity contribution >= 4 is 50.6 Å². The minimum absolute atomic E-state index is 0.0402. The number of amides is 1. The number of thioether (sulfide) groups is 1. The maximum absolute atomic E-state index is 12.5. The van der Waals surface area contributed by atoms with E-state index in [-0.39, 0.29) is 11.2 Å². The van der Waals surface area contributed by atoms with E-state index in [2.05, 4.69) is 15.5 Å². The van der Waals surface area contributed by atoms with Gasteiger partial charge in [-0.15, -0.1) is 10.2 Å². The molecule has 23 heavy (non-hydrogen) atoms. The third-order valence-corrected chi connectivity index (χ3v) is 5.55. The molecule has 3 aromatic rings. The monoisotopic (exact) mass is 344 g/mol. The maximum Gasteiger partial charge on any atom is 0.237 e. The molecule has 3 N–H and O–H groups in total. The Balaban J connectivity index is 1.72. The van der Waals surface area contributed by atoms with Gasteiger partial charge in [0.2, 0.25) is 11.0 Å². The zero-order chi connectivity index (χ0) is 16.2. The van der Waals surface area contributed by atoms with Crippen molar-refractivity contribution in [1.82, 2.24) is 10.2 Å². The first-order valence-corrected chi connectivity index (χ1v) is 8.90.